The first-order valence-electron chi connectivity index (χ1n) is 6.23. The van der Waals surface area contributed by atoms with E-state index in [4.69, 9.17) is 11.6 Å². The molecular weight excluding hydrogens is 234 g/mol. The number of benzene rings is 1. The molecule has 1 aliphatic heterocycles. The van der Waals surface area contributed by atoms with Crippen molar-refractivity contribution in [3.8, 4) is 0 Å². The van der Waals surface area contributed by atoms with Crippen LogP contribution in [0.4, 0.5) is 0 Å². The van der Waals surface area contributed by atoms with Crippen LogP contribution in [0.1, 0.15) is 48.0 Å². The predicted molar refractivity (Wildman–Crippen MR) is 68.3 cm³/mol. The molecule has 2 nitrogen and oxygen atoms in total. The summed E-state index contributed by atoms with van der Waals surface area (Å²) in [6, 6.07) is 5.68. The lowest BCUT2D eigenvalue weighted by molar-refractivity contribution is 0.0529. The maximum Gasteiger partial charge on any atom is 0.254 e. The zero-order valence-electron chi connectivity index (χ0n) is 10.0. The number of carbonyl (C=O) groups excluding carboxylic acids is 1. The first kappa shape index (κ1) is 11.1. The maximum absolute atomic E-state index is 12.3. The Bertz CT molecular complexity index is 477. The largest absolute Gasteiger partial charge is 0.332 e. The molecule has 0 unspecified atom stereocenters. The van der Waals surface area contributed by atoms with Gasteiger partial charge in [-0.3, -0.25) is 4.79 Å². The van der Waals surface area contributed by atoms with Crippen molar-refractivity contribution in [3.63, 3.8) is 0 Å². The molecule has 0 atom stereocenters. The standard InChI is InChI=1S/C14H16ClNO/c1-16-13(17)11-6-5-10(15)9-12(11)14(16)7-3-2-4-8-14/h5-6,9H,2-4,7-8H2,1H3. The zero-order valence-corrected chi connectivity index (χ0v) is 10.8. The predicted octanol–water partition coefficient (Wildman–Crippen LogP) is 3.59. The number of fused-ring (bicyclic) bond motifs is 2. The number of halogens is 1. The fourth-order valence-corrected chi connectivity index (χ4v) is 3.56. The van der Waals surface area contributed by atoms with E-state index in [2.05, 4.69) is 0 Å². The molecular formula is C14H16ClNO. The Balaban J connectivity index is 2.18. The molecule has 3 rings (SSSR count). The second-order valence-corrected chi connectivity index (χ2v) is 5.58. The molecule has 1 spiro atoms. The van der Waals surface area contributed by atoms with Gasteiger partial charge in [-0.05, 0) is 36.6 Å². The van der Waals surface area contributed by atoms with Gasteiger partial charge in [-0.15, -0.1) is 0 Å². The highest BCUT2D eigenvalue weighted by Gasteiger charge is 2.47. The van der Waals surface area contributed by atoms with E-state index in [0.29, 0.717) is 0 Å². The lowest BCUT2D eigenvalue weighted by Gasteiger charge is -2.40. The first-order valence-corrected chi connectivity index (χ1v) is 6.61. The van der Waals surface area contributed by atoms with Crippen molar-refractivity contribution in [1.29, 1.82) is 0 Å². The molecule has 1 aliphatic carbocycles. The molecule has 1 aromatic rings. The number of nitrogens with zero attached hydrogens (tertiary/aromatic N) is 1. The molecule has 1 heterocycles. The van der Waals surface area contributed by atoms with Gasteiger partial charge >= 0.3 is 0 Å². The topological polar surface area (TPSA) is 20.3 Å². The van der Waals surface area contributed by atoms with Crippen LogP contribution in [0.5, 0.6) is 0 Å². The van der Waals surface area contributed by atoms with E-state index >= 15 is 0 Å². The highest BCUT2D eigenvalue weighted by molar-refractivity contribution is 6.30. The van der Waals surface area contributed by atoms with Gasteiger partial charge < -0.3 is 4.90 Å². The van der Waals surface area contributed by atoms with E-state index < -0.39 is 0 Å². The lowest BCUT2D eigenvalue weighted by atomic mass is 9.77. The molecule has 1 amide bonds. The van der Waals surface area contributed by atoms with E-state index in [1.54, 1.807) is 0 Å². The van der Waals surface area contributed by atoms with Gasteiger partial charge in [-0.1, -0.05) is 30.9 Å². The Morgan fingerprint density at radius 2 is 1.94 bits per heavy atom. The second-order valence-electron chi connectivity index (χ2n) is 5.15. The van der Waals surface area contributed by atoms with E-state index in [9.17, 15) is 4.79 Å². The third-order valence-corrected chi connectivity index (χ3v) is 4.58. The van der Waals surface area contributed by atoms with Crippen LogP contribution in [0, 0.1) is 0 Å². The van der Waals surface area contributed by atoms with E-state index in [0.717, 1.165) is 29.0 Å². The molecule has 0 N–H and O–H groups in total. The van der Waals surface area contributed by atoms with Crippen LogP contribution in [0.2, 0.25) is 5.02 Å². The molecule has 1 aromatic carbocycles. The number of carbonyl (C=O) groups is 1. The summed E-state index contributed by atoms with van der Waals surface area (Å²) >= 11 is 6.09. The minimum absolute atomic E-state index is 0.0738. The second kappa shape index (κ2) is 3.74. The summed E-state index contributed by atoms with van der Waals surface area (Å²) in [5.41, 5.74) is 1.92. The van der Waals surface area contributed by atoms with Crippen LogP contribution in [-0.4, -0.2) is 17.9 Å². The summed E-state index contributed by atoms with van der Waals surface area (Å²) in [5, 5.41) is 0.733. The van der Waals surface area contributed by atoms with Gasteiger partial charge in [0.2, 0.25) is 0 Å². The molecule has 0 saturated heterocycles. The summed E-state index contributed by atoms with van der Waals surface area (Å²) in [6.07, 6.45) is 5.82. The van der Waals surface area contributed by atoms with Crippen molar-refractivity contribution in [2.75, 3.05) is 7.05 Å². The van der Waals surface area contributed by atoms with E-state index in [1.807, 2.05) is 30.1 Å². The van der Waals surface area contributed by atoms with Crippen molar-refractivity contribution in [2.24, 2.45) is 0 Å². The molecule has 0 aromatic heterocycles. The summed E-state index contributed by atoms with van der Waals surface area (Å²) in [4.78, 5) is 14.2. The van der Waals surface area contributed by atoms with Crippen molar-refractivity contribution >= 4 is 17.5 Å². The zero-order chi connectivity index (χ0) is 12.0. The van der Waals surface area contributed by atoms with Gasteiger partial charge in [0, 0.05) is 17.6 Å². The molecule has 1 saturated carbocycles. The normalized spacial score (nSPS) is 22.0. The van der Waals surface area contributed by atoms with Crippen molar-refractivity contribution in [1.82, 2.24) is 4.90 Å². The van der Waals surface area contributed by atoms with E-state index in [1.165, 1.54) is 19.3 Å². The molecule has 0 radical (unpaired) electrons. The minimum Gasteiger partial charge on any atom is -0.332 e. The quantitative estimate of drug-likeness (QED) is 0.688. The Kier molecular flexibility index (Phi) is 2.44. The Morgan fingerprint density at radius 3 is 2.65 bits per heavy atom. The Morgan fingerprint density at radius 1 is 1.24 bits per heavy atom. The van der Waals surface area contributed by atoms with Crippen LogP contribution in [-0.2, 0) is 5.54 Å². The van der Waals surface area contributed by atoms with Crippen molar-refractivity contribution in [2.45, 2.75) is 37.6 Å². The van der Waals surface area contributed by atoms with Gasteiger partial charge in [0.25, 0.3) is 5.91 Å². The minimum atomic E-state index is -0.0738. The Hall–Kier alpha value is -1.02. The van der Waals surface area contributed by atoms with Crippen LogP contribution >= 0.6 is 11.6 Å². The number of hydrogen-bond donors (Lipinski definition) is 0. The van der Waals surface area contributed by atoms with Gasteiger partial charge in [0.15, 0.2) is 0 Å². The molecule has 1 fully saturated rings. The van der Waals surface area contributed by atoms with Gasteiger partial charge in [-0.2, -0.15) is 0 Å². The van der Waals surface area contributed by atoms with E-state index in [-0.39, 0.29) is 11.4 Å². The van der Waals surface area contributed by atoms with Gasteiger partial charge in [0.1, 0.15) is 0 Å². The smallest absolute Gasteiger partial charge is 0.254 e. The average Bonchev–Trinajstić information content (AvgIpc) is 2.54. The maximum atomic E-state index is 12.3. The summed E-state index contributed by atoms with van der Waals surface area (Å²) in [7, 11) is 1.93. The van der Waals surface area contributed by atoms with Crippen molar-refractivity contribution < 1.29 is 4.79 Å². The highest BCUT2D eigenvalue weighted by atomic mass is 35.5. The summed E-state index contributed by atoms with van der Waals surface area (Å²) in [5.74, 6) is 0.151. The fourth-order valence-electron chi connectivity index (χ4n) is 3.39. The fraction of sp³-hybridized carbons (Fsp3) is 0.500. The number of amides is 1. The highest BCUT2D eigenvalue weighted by Crippen LogP contribution is 2.48. The third-order valence-electron chi connectivity index (χ3n) is 4.34. The van der Waals surface area contributed by atoms with Gasteiger partial charge in [-0.25, -0.2) is 0 Å². The van der Waals surface area contributed by atoms with Crippen molar-refractivity contribution in [3.05, 3.63) is 34.3 Å². The van der Waals surface area contributed by atoms with Crippen LogP contribution < -0.4 is 0 Å². The van der Waals surface area contributed by atoms with Crippen LogP contribution in [0.25, 0.3) is 0 Å². The lowest BCUT2D eigenvalue weighted by Crippen LogP contribution is -2.42. The molecule has 3 heteroatoms. The van der Waals surface area contributed by atoms with Gasteiger partial charge in [0.05, 0.1) is 5.54 Å². The molecule has 0 bridgehead atoms. The average molecular weight is 250 g/mol. The Labute approximate surface area is 107 Å². The molecule has 17 heavy (non-hydrogen) atoms. The summed E-state index contributed by atoms with van der Waals surface area (Å²) < 4.78 is 0. The summed E-state index contributed by atoms with van der Waals surface area (Å²) in [6.45, 7) is 0. The third kappa shape index (κ3) is 1.43. The number of rotatable bonds is 0. The van der Waals surface area contributed by atoms with Crippen LogP contribution in [0.3, 0.4) is 0 Å². The molecule has 2 aliphatic rings. The monoisotopic (exact) mass is 249 g/mol. The number of hydrogen-bond acceptors (Lipinski definition) is 1. The first-order chi connectivity index (χ1) is 8.15. The SMILES string of the molecule is CN1C(=O)c2ccc(Cl)cc2C12CCCCC2. The molecule has 90 valence electrons. The van der Waals surface area contributed by atoms with Crippen LogP contribution in [0.15, 0.2) is 18.2 Å².